The summed E-state index contributed by atoms with van der Waals surface area (Å²) in [5.74, 6) is -0.259. The Morgan fingerprint density at radius 2 is 1.86 bits per heavy atom. The highest BCUT2D eigenvalue weighted by molar-refractivity contribution is 7.94. The predicted octanol–water partition coefficient (Wildman–Crippen LogP) is 2.23. The van der Waals surface area contributed by atoms with Crippen molar-refractivity contribution in [2.24, 2.45) is 0 Å². The minimum absolute atomic E-state index is 0.0741. The van der Waals surface area contributed by atoms with Crippen molar-refractivity contribution in [3.05, 3.63) is 41.1 Å². The fourth-order valence-electron chi connectivity index (χ4n) is 0.852. The first-order valence-electron chi connectivity index (χ1n) is 4.20. The Labute approximate surface area is 83.0 Å². The molecule has 1 rings (SSSR count). The molecule has 0 aliphatic carbocycles. The minimum atomic E-state index is -3.10. The number of rotatable bonds is 3. The second kappa shape index (κ2) is 4.37. The predicted molar refractivity (Wildman–Crippen MR) is 54.9 cm³/mol. The zero-order valence-corrected chi connectivity index (χ0v) is 8.59. The molecule has 0 aliphatic heterocycles. The molecule has 76 valence electrons. The number of hydrogen-bond acceptors (Lipinski definition) is 2. The normalized spacial score (nSPS) is 12.1. The zero-order valence-electron chi connectivity index (χ0n) is 7.77. The van der Waals surface area contributed by atoms with Crippen LogP contribution in [0, 0.1) is 5.82 Å². The van der Waals surface area contributed by atoms with Gasteiger partial charge >= 0.3 is 0 Å². The summed E-state index contributed by atoms with van der Waals surface area (Å²) in [7, 11) is -3.10. The number of hydrogen-bond donors (Lipinski definition) is 0. The molecule has 14 heavy (non-hydrogen) atoms. The van der Waals surface area contributed by atoms with E-state index in [-0.39, 0.29) is 11.6 Å². The number of sulfone groups is 1. The van der Waals surface area contributed by atoms with Gasteiger partial charge in [-0.3, -0.25) is 0 Å². The van der Waals surface area contributed by atoms with Crippen molar-refractivity contribution in [1.29, 1.82) is 0 Å². The minimum Gasteiger partial charge on any atom is -0.224 e. The summed E-state index contributed by atoms with van der Waals surface area (Å²) in [5, 5.41) is 1.14. The van der Waals surface area contributed by atoms with Crippen molar-refractivity contribution < 1.29 is 12.8 Å². The van der Waals surface area contributed by atoms with Crippen LogP contribution in [0.15, 0.2) is 29.7 Å². The molecule has 0 radical (unpaired) electrons. The first-order chi connectivity index (χ1) is 6.53. The van der Waals surface area contributed by atoms with Crippen molar-refractivity contribution in [3.8, 4) is 0 Å². The Balaban J connectivity index is 2.84. The highest BCUT2D eigenvalue weighted by atomic mass is 32.2. The van der Waals surface area contributed by atoms with E-state index in [2.05, 4.69) is 0 Å². The molecule has 0 saturated carbocycles. The maximum atomic E-state index is 12.5. The Kier molecular flexibility index (Phi) is 3.41. The van der Waals surface area contributed by atoms with Crippen LogP contribution in [0.25, 0.3) is 6.08 Å². The summed E-state index contributed by atoms with van der Waals surface area (Å²) < 4.78 is 34.6. The van der Waals surface area contributed by atoms with Crippen molar-refractivity contribution >= 4 is 15.9 Å². The van der Waals surface area contributed by atoms with Crippen molar-refractivity contribution in [2.75, 3.05) is 5.75 Å². The van der Waals surface area contributed by atoms with Crippen LogP contribution in [0.4, 0.5) is 4.39 Å². The Morgan fingerprint density at radius 3 is 2.36 bits per heavy atom. The van der Waals surface area contributed by atoms with Gasteiger partial charge in [-0.15, -0.1) is 0 Å². The molecular weight excluding hydrogens is 203 g/mol. The molecule has 0 atom stereocenters. The monoisotopic (exact) mass is 214 g/mol. The molecule has 0 aliphatic rings. The molecule has 0 fully saturated rings. The van der Waals surface area contributed by atoms with E-state index in [0.29, 0.717) is 5.56 Å². The van der Waals surface area contributed by atoms with E-state index in [4.69, 9.17) is 0 Å². The van der Waals surface area contributed by atoms with Crippen molar-refractivity contribution in [2.45, 2.75) is 6.92 Å². The Hall–Kier alpha value is -1.16. The van der Waals surface area contributed by atoms with Crippen LogP contribution in [0.3, 0.4) is 0 Å². The van der Waals surface area contributed by atoms with Crippen LogP contribution in [0.1, 0.15) is 12.5 Å². The fraction of sp³-hybridized carbons (Fsp3) is 0.200. The van der Waals surface area contributed by atoms with E-state index < -0.39 is 9.84 Å². The molecule has 0 heterocycles. The molecule has 0 aromatic heterocycles. The van der Waals surface area contributed by atoms with Gasteiger partial charge in [-0.05, 0) is 23.8 Å². The topological polar surface area (TPSA) is 34.1 Å². The smallest absolute Gasteiger partial charge is 0.171 e. The molecule has 0 spiro atoms. The van der Waals surface area contributed by atoms with Gasteiger partial charge in [0.25, 0.3) is 0 Å². The van der Waals surface area contributed by atoms with Gasteiger partial charge in [0.1, 0.15) is 5.82 Å². The Bertz CT molecular complexity index is 418. The summed E-state index contributed by atoms with van der Waals surface area (Å²) in [6.07, 6.45) is 1.46. The van der Waals surface area contributed by atoms with Gasteiger partial charge in [0, 0.05) is 5.41 Å². The molecule has 0 unspecified atom stereocenters. The molecule has 1 aromatic rings. The van der Waals surface area contributed by atoms with E-state index in [9.17, 15) is 12.8 Å². The molecule has 0 amide bonds. The molecule has 2 nitrogen and oxygen atoms in total. The Morgan fingerprint density at radius 1 is 1.29 bits per heavy atom. The largest absolute Gasteiger partial charge is 0.224 e. The average molecular weight is 214 g/mol. The van der Waals surface area contributed by atoms with Crippen LogP contribution in [0.5, 0.6) is 0 Å². The molecule has 0 N–H and O–H groups in total. The lowest BCUT2D eigenvalue weighted by molar-refractivity contribution is 0.606. The van der Waals surface area contributed by atoms with E-state index >= 15 is 0 Å². The van der Waals surface area contributed by atoms with Crippen LogP contribution in [-0.4, -0.2) is 14.2 Å². The summed E-state index contributed by atoms with van der Waals surface area (Å²) in [4.78, 5) is 0. The van der Waals surface area contributed by atoms with Crippen LogP contribution in [-0.2, 0) is 9.84 Å². The lowest BCUT2D eigenvalue weighted by atomic mass is 10.2. The van der Waals surface area contributed by atoms with Gasteiger partial charge in [0.05, 0.1) is 5.75 Å². The second-order valence-corrected chi connectivity index (χ2v) is 4.98. The standard InChI is InChI=1S/C10H11FO2S/c1-2-14(12,13)8-7-9-3-5-10(11)6-4-9/h3-8H,2H2,1H3/b8-7+. The highest BCUT2D eigenvalue weighted by Gasteiger charge is 1.99. The SMILES string of the molecule is CCS(=O)(=O)/C=C/c1ccc(F)cc1. The van der Waals surface area contributed by atoms with Crippen molar-refractivity contribution in [1.82, 2.24) is 0 Å². The van der Waals surface area contributed by atoms with Gasteiger partial charge in [0.15, 0.2) is 9.84 Å². The molecule has 4 heteroatoms. The lowest BCUT2D eigenvalue weighted by Crippen LogP contribution is -1.96. The maximum absolute atomic E-state index is 12.5. The van der Waals surface area contributed by atoms with Crippen molar-refractivity contribution in [3.63, 3.8) is 0 Å². The molecular formula is C10H11FO2S. The molecule has 0 saturated heterocycles. The van der Waals surface area contributed by atoms with E-state index in [1.165, 1.54) is 30.3 Å². The van der Waals surface area contributed by atoms with E-state index in [0.717, 1.165) is 5.41 Å². The fourth-order valence-corrected chi connectivity index (χ4v) is 1.41. The quantitative estimate of drug-likeness (QED) is 0.773. The van der Waals surface area contributed by atoms with Crippen LogP contribution >= 0.6 is 0 Å². The van der Waals surface area contributed by atoms with Crippen LogP contribution in [0.2, 0.25) is 0 Å². The highest BCUT2D eigenvalue weighted by Crippen LogP contribution is 2.06. The van der Waals surface area contributed by atoms with E-state index in [1.807, 2.05) is 0 Å². The van der Waals surface area contributed by atoms with Gasteiger partial charge < -0.3 is 0 Å². The van der Waals surface area contributed by atoms with Gasteiger partial charge in [-0.2, -0.15) is 0 Å². The summed E-state index contributed by atoms with van der Waals surface area (Å²) in [5.41, 5.74) is 0.670. The number of benzene rings is 1. The molecule has 0 bridgehead atoms. The second-order valence-electron chi connectivity index (χ2n) is 2.81. The summed E-state index contributed by atoms with van der Waals surface area (Å²) in [6, 6.07) is 5.63. The summed E-state index contributed by atoms with van der Waals surface area (Å²) >= 11 is 0. The third kappa shape index (κ3) is 3.30. The third-order valence-electron chi connectivity index (χ3n) is 1.74. The average Bonchev–Trinajstić information content (AvgIpc) is 2.17. The van der Waals surface area contributed by atoms with Gasteiger partial charge in [0.2, 0.25) is 0 Å². The lowest BCUT2D eigenvalue weighted by Gasteiger charge is -1.93. The van der Waals surface area contributed by atoms with Crippen LogP contribution < -0.4 is 0 Å². The molecule has 1 aromatic carbocycles. The zero-order chi connectivity index (χ0) is 10.6. The number of halogens is 1. The van der Waals surface area contributed by atoms with E-state index in [1.54, 1.807) is 6.92 Å². The first kappa shape index (κ1) is 10.9. The third-order valence-corrected chi connectivity index (χ3v) is 3.10. The van der Waals surface area contributed by atoms with Gasteiger partial charge in [-0.25, -0.2) is 12.8 Å². The van der Waals surface area contributed by atoms with Gasteiger partial charge in [-0.1, -0.05) is 19.1 Å². The summed E-state index contributed by atoms with van der Waals surface area (Å²) in [6.45, 7) is 1.57. The maximum Gasteiger partial charge on any atom is 0.171 e. The first-order valence-corrected chi connectivity index (χ1v) is 5.91.